The first-order valence-electron chi connectivity index (χ1n) is 18.9. The number of hydrogen-bond donors (Lipinski definition) is 0. The molecule has 4 rings (SSSR count). The molecular formula is C44H48N2O13. The van der Waals surface area contributed by atoms with Gasteiger partial charge in [0.2, 0.25) is 0 Å². The molecule has 2 aromatic carbocycles. The van der Waals surface area contributed by atoms with Crippen molar-refractivity contribution in [3.05, 3.63) is 100 Å². The van der Waals surface area contributed by atoms with Gasteiger partial charge in [-0.05, 0) is 99.6 Å². The van der Waals surface area contributed by atoms with E-state index in [0.29, 0.717) is 78.4 Å². The highest BCUT2D eigenvalue weighted by Crippen LogP contribution is 2.33. The van der Waals surface area contributed by atoms with Gasteiger partial charge in [-0.2, -0.15) is 5.26 Å². The van der Waals surface area contributed by atoms with Crippen molar-refractivity contribution in [3.63, 3.8) is 0 Å². The minimum Gasteiger partial charge on any atom is -0.493 e. The molecule has 0 N–H and O–H groups in total. The van der Waals surface area contributed by atoms with Gasteiger partial charge >= 0.3 is 23.9 Å². The zero-order valence-corrected chi connectivity index (χ0v) is 33.6. The number of carbonyl (C=O) groups is 4. The first kappa shape index (κ1) is 45.3. The lowest BCUT2D eigenvalue weighted by atomic mass is 10.1. The Morgan fingerprint density at radius 1 is 0.763 bits per heavy atom. The molecule has 2 fully saturated rings. The van der Waals surface area contributed by atoms with Crippen molar-refractivity contribution in [2.45, 2.75) is 70.9 Å². The van der Waals surface area contributed by atoms with Crippen LogP contribution in [-0.2, 0) is 47.6 Å². The van der Waals surface area contributed by atoms with E-state index >= 15 is 0 Å². The number of esters is 4. The second-order valence-electron chi connectivity index (χ2n) is 13.7. The summed E-state index contributed by atoms with van der Waals surface area (Å²) in [4.78, 5) is 52.6. The highest BCUT2D eigenvalue weighted by Gasteiger charge is 2.51. The minimum absolute atomic E-state index is 0.0561. The number of methoxy groups -OCH3 is 1. The molecule has 2 aliphatic heterocycles. The molecule has 0 spiro atoms. The van der Waals surface area contributed by atoms with Gasteiger partial charge in [-0.1, -0.05) is 25.3 Å². The number of benzene rings is 2. The van der Waals surface area contributed by atoms with Crippen LogP contribution in [0, 0.1) is 24.8 Å². The van der Waals surface area contributed by atoms with Crippen molar-refractivity contribution < 1.29 is 61.8 Å². The van der Waals surface area contributed by atoms with Crippen molar-refractivity contribution >= 4 is 36.0 Å². The van der Waals surface area contributed by atoms with Crippen molar-refractivity contribution in [2.24, 2.45) is 0 Å². The highest BCUT2D eigenvalue weighted by molar-refractivity contribution is 5.98. The van der Waals surface area contributed by atoms with Crippen LogP contribution in [0.3, 0.4) is 0 Å². The standard InChI is InChI=1S/C44H48N2O13/c1-27(2)41(47)54-18-10-8-16-52-34-14-12-30(20-29(34)5)22-33(46-6)44(50)59-38-26-57-39-37(25-56-40(38)39)58-43(49)32(24-45)21-31-13-15-35(36(23-31)51-7)53-17-9-11-19-55-42(48)28(3)4/h12-15,20-23,37-40H,1,3,8-11,16-19,25-26H2,2,4-5,7H3/b32-21+,33-22-/t37-,38+,39-,40-/m1/s1. The van der Waals surface area contributed by atoms with Gasteiger partial charge in [-0.25, -0.2) is 19.2 Å². The Balaban J connectivity index is 1.26. The van der Waals surface area contributed by atoms with Gasteiger partial charge in [-0.15, -0.1) is 0 Å². The Kier molecular flexibility index (Phi) is 17.3. The number of nitriles is 1. The summed E-state index contributed by atoms with van der Waals surface area (Å²) in [6.45, 7) is 20.9. The molecule has 15 nitrogen and oxygen atoms in total. The fourth-order valence-corrected chi connectivity index (χ4v) is 5.79. The highest BCUT2D eigenvalue weighted by atomic mass is 16.7. The van der Waals surface area contributed by atoms with Crippen LogP contribution in [0.5, 0.6) is 17.2 Å². The second kappa shape index (κ2) is 22.5. The van der Waals surface area contributed by atoms with Crippen LogP contribution in [0.2, 0.25) is 0 Å². The number of unbranched alkanes of at least 4 members (excludes halogenated alkanes) is 2. The summed E-state index contributed by atoms with van der Waals surface area (Å²) in [5.74, 6) is -1.16. The number of hydrogen-bond acceptors (Lipinski definition) is 14. The van der Waals surface area contributed by atoms with Gasteiger partial charge in [0.05, 0.1) is 53.3 Å². The largest absolute Gasteiger partial charge is 0.493 e. The molecule has 312 valence electrons. The number of nitrogens with zero attached hydrogens (tertiary/aromatic N) is 2. The van der Waals surface area contributed by atoms with Crippen LogP contribution in [0.25, 0.3) is 17.0 Å². The fourth-order valence-electron chi connectivity index (χ4n) is 5.79. The summed E-state index contributed by atoms with van der Waals surface area (Å²) in [5.41, 5.74) is 2.00. The first-order valence-corrected chi connectivity index (χ1v) is 18.9. The molecule has 4 atom stereocenters. The lowest BCUT2D eigenvalue weighted by Gasteiger charge is -2.17. The van der Waals surface area contributed by atoms with Crippen molar-refractivity contribution in [3.8, 4) is 23.3 Å². The average molecular weight is 813 g/mol. The summed E-state index contributed by atoms with van der Waals surface area (Å²) in [6, 6.07) is 12.0. The van der Waals surface area contributed by atoms with E-state index in [1.807, 2.05) is 13.0 Å². The average Bonchev–Trinajstić information content (AvgIpc) is 3.81. The summed E-state index contributed by atoms with van der Waals surface area (Å²) >= 11 is 0. The smallest absolute Gasteiger partial charge is 0.349 e. The van der Waals surface area contributed by atoms with Gasteiger partial charge in [0.1, 0.15) is 29.6 Å². The molecule has 2 aromatic rings. The summed E-state index contributed by atoms with van der Waals surface area (Å²) < 4.78 is 50.1. The van der Waals surface area contributed by atoms with Crippen LogP contribution in [-0.4, -0.2) is 95.0 Å². The van der Waals surface area contributed by atoms with Crippen LogP contribution in [0.1, 0.15) is 56.2 Å². The normalized spacial score (nSPS) is 18.3. The number of carbonyl (C=O) groups excluding carboxylic acids is 4. The van der Waals surface area contributed by atoms with Crippen molar-refractivity contribution in [2.75, 3.05) is 46.8 Å². The number of fused-ring (bicyclic) bond motifs is 1. The lowest BCUT2D eigenvalue weighted by Crippen LogP contribution is -2.36. The lowest BCUT2D eigenvalue weighted by molar-refractivity contribution is -0.150. The Labute approximate surface area is 343 Å². The molecule has 59 heavy (non-hydrogen) atoms. The van der Waals surface area contributed by atoms with E-state index < -0.39 is 48.3 Å². The molecule has 0 unspecified atom stereocenters. The Bertz CT molecular complexity index is 2040. The molecule has 0 bridgehead atoms. The Morgan fingerprint density at radius 2 is 1.27 bits per heavy atom. The Morgan fingerprint density at radius 3 is 1.78 bits per heavy atom. The topological polar surface area (TPSA) is 179 Å². The maximum Gasteiger partial charge on any atom is 0.349 e. The molecule has 2 aliphatic rings. The van der Waals surface area contributed by atoms with Crippen LogP contribution >= 0.6 is 0 Å². The first-order chi connectivity index (χ1) is 28.3. The quantitative estimate of drug-likeness (QED) is 0.0355. The van der Waals surface area contributed by atoms with Gasteiger partial charge in [0.15, 0.2) is 23.7 Å². The molecule has 2 saturated heterocycles. The van der Waals surface area contributed by atoms with E-state index in [4.69, 9.17) is 49.2 Å². The zero-order valence-electron chi connectivity index (χ0n) is 33.6. The van der Waals surface area contributed by atoms with E-state index in [1.165, 1.54) is 19.3 Å². The zero-order chi connectivity index (χ0) is 42.9. The predicted octanol–water partition coefficient (Wildman–Crippen LogP) is 6.05. The molecule has 0 amide bonds. The number of rotatable bonds is 21. The number of aryl methyl sites for hydroxylation is 1. The van der Waals surface area contributed by atoms with Gasteiger partial charge in [-0.3, -0.25) is 4.79 Å². The summed E-state index contributed by atoms with van der Waals surface area (Å²) in [7, 11) is 1.46. The molecule has 0 aliphatic carbocycles. The SMILES string of the molecule is [C-]#[N+]/C(=C\c1ccc(OCCCCOC(=O)C(=C)C)c(C)c1)C(=O)O[C@H]1CO[C@H]2[C@@H]1OC[C@H]2OC(=O)/C(C#N)=C/c1ccc(OCCCCOC(=O)C(=C)C)c(OC)c1. The predicted molar refractivity (Wildman–Crippen MR) is 213 cm³/mol. The molecule has 0 radical (unpaired) electrons. The van der Waals surface area contributed by atoms with Crippen LogP contribution in [0.15, 0.2) is 72.0 Å². The van der Waals surface area contributed by atoms with E-state index in [-0.39, 0.29) is 37.7 Å². The van der Waals surface area contributed by atoms with Gasteiger partial charge < -0.3 is 42.6 Å². The molecular weight excluding hydrogens is 764 g/mol. The monoisotopic (exact) mass is 812 g/mol. The van der Waals surface area contributed by atoms with E-state index in [9.17, 15) is 24.4 Å². The Hall–Kier alpha value is -6.42. The van der Waals surface area contributed by atoms with E-state index in [1.54, 1.807) is 50.2 Å². The van der Waals surface area contributed by atoms with Gasteiger partial charge in [0.25, 0.3) is 5.70 Å². The van der Waals surface area contributed by atoms with E-state index in [0.717, 1.165) is 5.56 Å². The summed E-state index contributed by atoms with van der Waals surface area (Å²) in [6.07, 6.45) is 1.98. The van der Waals surface area contributed by atoms with Gasteiger partial charge in [0, 0.05) is 11.1 Å². The molecule has 0 saturated carbocycles. The van der Waals surface area contributed by atoms with Crippen molar-refractivity contribution in [1.29, 1.82) is 5.26 Å². The molecule has 2 heterocycles. The summed E-state index contributed by atoms with van der Waals surface area (Å²) in [5, 5.41) is 9.81. The molecule has 0 aromatic heterocycles. The minimum atomic E-state index is -0.899. The maximum absolute atomic E-state index is 13.1. The number of ether oxygens (including phenoxy) is 9. The third-order valence-corrected chi connectivity index (χ3v) is 8.91. The van der Waals surface area contributed by atoms with Crippen LogP contribution in [0.4, 0.5) is 0 Å². The maximum atomic E-state index is 13.1. The molecule has 15 heteroatoms. The van der Waals surface area contributed by atoms with Crippen LogP contribution < -0.4 is 14.2 Å². The second-order valence-corrected chi connectivity index (χ2v) is 13.7. The van der Waals surface area contributed by atoms with Crippen molar-refractivity contribution in [1.82, 2.24) is 0 Å². The third-order valence-electron chi connectivity index (χ3n) is 8.91. The fraction of sp³-hybridized carbons (Fsp3) is 0.409. The van der Waals surface area contributed by atoms with E-state index in [2.05, 4.69) is 18.0 Å². The third kappa shape index (κ3) is 13.3.